The Balaban J connectivity index is 2.10. The van der Waals surface area contributed by atoms with E-state index in [0.717, 1.165) is 19.5 Å². The second kappa shape index (κ2) is 5.91. The predicted molar refractivity (Wildman–Crippen MR) is 81.6 cm³/mol. The molecule has 118 valence electrons. The van der Waals surface area contributed by atoms with Gasteiger partial charge >= 0.3 is 0 Å². The largest absolute Gasteiger partial charge is 0.395 e. The van der Waals surface area contributed by atoms with Gasteiger partial charge in [0.15, 0.2) is 0 Å². The van der Waals surface area contributed by atoms with E-state index in [9.17, 15) is 5.11 Å². The highest BCUT2D eigenvalue weighted by atomic mass is 16.5. The molecule has 2 aliphatic rings. The molecule has 20 heavy (non-hydrogen) atoms. The fraction of sp³-hybridized carbons (Fsp3) is 1.00. The van der Waals surface area contributed by atoms with Crippen LogP contribution in [0.2, 0.25) is 0 Å². The zero-order valence-corrected chi connectivity index (χ0v) is 13.6. The molecule has 3 atom stereocenters. The number of likely N-dealkylation sites (tertiary alicyclic amines) is 1. The van der Waals surface area contributed by atoms with E-state index in [0.29, 0.717) is 12.0 Å². The third kappa shape index (κ3) is 3.19. The second-order valence-corrected chi connectivity index (χ2v) is 7.62. The van der Waals surface area contributed by atoms with Gasteiger partial charge < -0.3 is 15.6 Å². The number of aliphatic hydroxyl groups is 1. The van der Waals surface area contributed by atoms with Crippen molar-refractivity contribution in [3.8, 4) is 0 Å². The quantitative estimate of drug-likeness (QED) is 0.829. The first-order chi connectivity index (χ1) is 9.28. The molecule has 0 amide bonds. The zero-order valence-electron chi connectivity index (χ0n) is 13.6. The van der Waals surface area contributed by atoms with Crippen LogP contribution in [-0.4, -0.2) is 53.0 Å². The summed E-state index contributed by atoms with van der Waals surface area (Å²) >= 11 is 0. The first-order valence-corrected chi connectivity index (χ1v) is 8.08. The molecule has 0 aromatic carbocycles. The lowest BCUT2D eigenvalue weighted by atomic mass is 9.82. The van der Waals surface area contributed by atoms with Crippen molar-refractivity contribution in [3.05, 3.63) is 0 Å². The minimum absolute atomic E-state index is 0.0418. The van der Waals surface area contributed by atoms with Crippen molar-refractivity contribution in [1.82, 2.24) is 4.90 Å². The standard InChI is InChI=1S/C16H32N2O2/c1-15(2)13(14(17)16(3,4)20-15)10-18-9-7-5-6-8-12(18)11-19/h12-14,19H,5-11,17H2,1-4H3. The summed E-state index contributed by atoms with van der Waals surface area (Å²) in [4.78, 5) is 2.45. The Labute approximate surface area is 123 Å². The second-order valence-electron chi connectivity index (χ2n) is 7.62. The van der Waals surface area contributed by atoms with Gasteiger partial charge in [-0.2, -0.15) is 0 Å². The van der Waals surface area contributed by atoms with Crippen molar-refractivity contribution in [2.24, 2.45) is 11.7 Å². The van der Waals surface area contributed by atoms with Crippen LogP contribution in [0.3, 0.4) is 0 Å². The van der Waals surface area contributed by atoms with Crippen molar-refractivity contribution in [1.29, 1.82) is 0 Å². The van der Waals surface area contributed by atoms with Crippen molar-refractivity contribution >= 4 is 0 Å². The van der Waals surface area contributed by atoms with Gasteiger partial charge in [-0.05, 0) is 47.1 Å². The van der Waals surface area contributed by atoms with Crippen molar-refractivity contribution in [2.45, 2.75) is 76.7 Å². The molecule has 3 N–H and O–H groups in total. The van der Waals surface area contributed by atoms with Gasteiger partial charge in [0.05, 0.1) is 17.8 Å². The highest BCUT2D eigenvalue weighted by Gasteiger charge is 2.52. The van der Waals surface area contributed by atoms with Crippen LogP contribution in [0, 0.1) is 5.92 Å². The number of hydrogen-bond acceptors (Lipinski definition) is 4. The van der Waals surface area contributed by atoms with Gasteiger partial charge in [-0.1, -0.05) is 12.8 Å². The number of ether oxygens (including phenoxy) is 1. The lowest BCUT2D eigenvalue weighted by Gasteiger charge is -2.36. The maximum Gasteiger partial charge on any atom is 0.0788 e. The Bertz CT molecular complexity index is 330. The van der Waals surface area contributed by atoms with Gasteiger partial charge in [0.25, 0.3) is 0 Å². The van der Waals surface area contributed by atoms with Crippen LogP contribution in [0.5, 0.6) is 0 Å². The van der Waals surface area contributed by atoms with E-state index in [2.05, 4.69) is 32.6 Å². The van der Waals surface area contributed by atoms with Crippen LogP contribution < -0.4 is 5.73 Å². The molecule has 0 bridgehead atoms. The minimum atomic E-state index is -0.269. The lowest BCUT2D eigenvalue weighted by molar-refractivity contribution is -0.0796. The zero-order chi connectivity index (χ0) is 15.0. The van der Waals surface area contributed by atoms with Crippen LogP contribution >= 0.6 is 0 Å². The first-order valence-electron chi connectivity index (χ1n) is 8.08. The molecule has 0 radical (unpaired) electrons. The monoisotopic (exact) mass is 284 g/mol. The third-order valence-electron chi connectivity index (χ3n) is 5.30. The van der Waals surface area contributed by atoms with Crippen molar-refractivity contribution in [3.63, 3.8) is 0 Å². The Morgan fingerprint density at radius 3 is 2.40 bits per heavy atom. The van der Waals surface area contributed by atoms with Gasteiger partial charge in [0.2, 0.25) is 0 Å². The molecule has 2 fully saturated rings. The van der Waals surface area contributed by atoms with E-state index in [4.69, 9.17) is 10.5 Å². The van der Waals surface area contributed by atoms with Crippen LogP contribution in [0.15, 0.2) is 0 Å². The number of aliphatic hydroxyl groups excluding tert-OH is 1. The summed E-state index contributed by atoms with van der Waals surface area (Å²) in [6.45, 7) is 10.7. The number of nitrogens with zero attached hydrogens (tertiary/aromatic N) is 1. The van der Waals surface area contributed by atoms with Gasteiger partial charge in [0.1, 0.15) is 0 Å². The average Bonchev–Trinajstić information content (AvgIpc) is 2.53. The smallest absolute Gasteiger partial charge is 0.0788 e. The number of hydrogen-bond donors (Lipinski definition) is 2. The molecule has 2 aliphatic heterocycles. The summed E-state index contributed by atoms with van der Waals surface area (Å²) in [5.41, 5.74) is 5.99. The molecule has 0 saturated carbocycles. The normalized spacial score (nSPS) is 37.8. The molecule has 4 nitrogen and oxygen atoms in total. The highest BCUT2D eigenvalue weighted by molar-refractivity contribution is 5.05. The molecule has 0 aliphatic carbocycles. The number of nitrogens with two attached hydrogens (primary N) is 1. The Kier molecular flexibility index (Phi) is 4.80. The maximum absolute atomic E-state index is 9.65. The third-order valence-corrected chi connectivity index (χ3v) is 5.30. The van der Waals surface area contributed by atoms with Gasteiger partial charge in [-0.3, -0.25) is 4.90 Å². The topological polar surface area (TPSA) is 58.7 Å². The van der Waals surface area contributed by atoms with E-state index < -0.39 is 0 Å². The molecular formula is C16H32N2O2. The van der Waals surface area contributed by atoms with Crippen LogP contribution in [-0.2, 0) is 4.74 Å². The van der Waals surface area contributed by atoms with Gasteiger partial charge in [0, 0.05) is 24.5 Å². The highest BCUT2D eigenvalue weighted by Crippen LogP contribution is 2.42. The summed E-state index contributed by atoms with van der Waals surface area (Å²) < 4.78 is 6.19. The fourth-order valence-corrected chi connectivity index (χ4v) is 4.01. The van der Waals surface area contributed by atoms with E-state index in [1.165, 1.54) is 19.3 Å². The summed E-state index contributed by atoms with van der Waals surface area (Å²) in [7, 11) is 0. The molecule has 3 unspecified atom stereocenters. The lowest BCUT2D eigenvalue weighted by Crippen LogP contribution is -2.50. The first kappa shape index (κ1) is 16.2. The Morgan fingerprint density at radius 1 is 1.15 bits per heavy atom. The molecule has 0 aromatic heterocycles. The molecule has 0 spiro atoms. The molecular weight excluding hydrogens is 252 g/mol. The molecule has 2 saturated heterocycles. The summed E-state index contributed by atoms with van der Waals surface area (Å²) in [6.07, 6.45) is 4.82. The molecule has 0 aromatic rings. The van der Waals surface area contributed by atoms with E-state index in [1.807, 2.05) is 0 Å². The van der Waals surface area contributed by atoms with Crippen molar-refractivity contribution in [2.75, 3.05) is 19.7 Å². The molecule has 2 heterocycles. The van der Waals surface area contributed by atoms with E-state index >= 15 is 0 Å². The summed E-state index contributed by atoms with van der Waals surface area (Å²) in [6, 6.07) is 0.337. The van der Waals surface area contributed by atoms with Crippen LogP contribution in [0.1, 0.15) is 53.4 Å². The van der Waals surface area contributed by atoms with Crippen LogP contribution in [0.4, 0.5) is 0 Å². The van der Waals surface area contributed by atoms with Gasteiger partial charge in [-0.25, -0.2) is 0 Å². The average molecular weight is 284 g/mol. The van der Waals surface area contributed by atoms with Crippen LogP contribution in [0.25, 0.3) is 0 Å². The van der Waals surface area contributed by atoms with Crippen molar-refractivity contribution < 1.29 is 9.84 Å². The minimum Gasteiger partial charge on any atom is -0.395 e. The summed E-state index contributed by atoms with van der Waals surface area (Å²) in [5.74, 6) is 0.310. The van der Waals surface area contributed by atoms with Gasteiger partial charge in [-0.15, -0.1) is 0 Å². The molecule has 4 heteroatoms. The molecule has 2 rings (SSSR count). The summed E-state index contributed by atoms with van der Waals surface area (Å²) in [5, 5.41) is 9.65. The predicted octanol–water partition coefficient (Wildman–Crippen LogP) is 1.75. The van der Waals surface area contributed by atoms with E-state index in [1.54, 1.807) is 0 Å². The Hall–Kier alpha value is -0.160. The number of rotatable bonds is 3. The van der Waals surface area contributed by atoms with E-state index in [-0.39, 0.29) is 23.9 Å². The Morgan fingerprint density at radius 2 is 1.85 bits per heavy atom. The maximum atomic E-state index is 9.65. The fourth-order valence-electron chi connectivity index (χ4n) is 4.01. The SMILES string of the molecule is CC1(C)OC(C)(C)C(CN2CCCCCC2CO)C1N.